The summed E-state index contributed by atoms with van der Waals surface area (Å²) in [7, 11) is 0. The van der Waals surface area contributed by atoms with Crippen LogP contribution in [0.1, 0.15) is 123 Å². The van der Waals surface area contributed by atoms with Crippen LogP contribution in [0.4, 0.5) is 0 Å². The molecule has 198 valence electrons. The summed E-state index contributed by atoms with van der Waals surface area (Å²) in [5, 5.41) is 29.3. The quantitative estimate of drug-likeness (QED) is 0.131. The molecule has 0 aliphatic carbocycles. The zero-order valence-electron chi connectivity index (χ0n) is 21.2. The molecule has 0 amide bonds. The second-order valence-corrected chi connectivity index (χ2v) is 9.36. The number of hydrogen-bond donors (Lipinski definition) is 3. The Morgan fingerprint density at radius 1 is 0.765 bits per heavy atom. The van der Waals surface area contributed by atoms with Gasteiger partial charge in [-0.15, -0.1) is 0 Å². The molecular formula is C26H46O8. The van der Waals surface area contributed by atoms with E-state index in [9.17, 15) is 29.4 Å². The van der Waals surface area contributed by atoms with Gasteiger partial charge in [-0.1, -0.05) is 84.0 Å². The maximum atomic E-state index is 12.7. The Morgan fingerprint density at radius 2 is 1.26 bits per heavy atom. The molecule has 0 aliphatic heterocycles. The van der Waals surface area contributed by atoms with Crippen molar-refractivity contribution in [2.75, 3.05) is 6.61 Å². The molecular weight excluding hydrogens is 440 g/mol. The van der Waals surface area contributed by atoms with E-state index in [1.165, 1.54) is 19.3 Å². The van der Waals surface area contributed by atoms with Gasteiger partial charge in [-0.3, -0.25) is 9.59 Å². The number of carboxylic acids is 2. The van der Waals surface area contributed by atoms with Crippen molar-refractivity contribution in [2.24, 2.45) is 5.92 Å². The molecule has 34 heavy (non-hydrogen) atoms. The van der Waals surface area contributed by atoms with Crippen molar-refractivity contribution in [1.82, 2.24) is 0 Å². The Bertz CT molecular complexity index is 604. The zero-order valence-corrected chi connectivity index (χ0v) is 21.2. The van der Waals surface area contributed by atoms with Gasteiger partial charge in [0.05, 0.1) is 18.9 Å². The number of carboxylic acid groups (broad SMARTS) is 2. The molecule has 0 fully saturated rings. The highest BCUT2D eigenvalue weighted by Crippen LogP contribution is 2.29. The first-order valence-electron chi connectivity index (χ1n) is 13.0. The van der Waals surface area contributed by atoms with Crippen LogP contribution in [-0.4, -0.2) is 51.2 Å². The van der Waals surface area contributed by atoms with Crippen LogP contribution in [0.2, 0.25) is 0 Å². The highest BCUT2D eigenvalue weighted by Gasteiger charge is 2.50. The molecule has 0 aromatic rings. The second-order valence-electron chi connectivity index (χ2n) is 9.36. The number of ketones is 1. The fourth-order valence-corrected chi connectivity index (χ4v) is 4.07. The van der Waals surface area contributed by atoms with Crippen LogP contribution in [0, 0.1) is 5.92 Å². The highest BCUT2D eigenvalue weighted by atomic mass is 16.5. The van der Waals surface area contributed by atoms with Gasteiger partial charge in [0.2, 0.25) is 0 Å². The molecule has 0 bridgehead atoms. The Balaban J connectivity index is 4.61. The number of aliphatic hydroxyl groups is 1. The van der Waals surface area contributed by atoms with Crippen molar-refractivity contribution >= 4 is 23.7 Å². The maximum Gasteiger partial charge on any atom is 0.337 e. The average Bonchev–Trinajstić information content (AvgIpc) is 2.75. The molecule has 0 aliphatic rings. The lowest BCUT2D eigenvalue weighted by Crippen LogP contribution is -2.51. The summed E-state index contributed by atoms with van der Waals surface area (Å²) in [6.07, 6.45) is 12.8. The standard InChI is InChI=1S/C26H46O8/c1-3-4-5-6-7-8-12-15-18-22(26(33,25(31)32)20-23(28)29)24(30)34-19-16-13-10-9-11-14-17-21(2)27/h22,33H,3-20H2,1-2H3,(H,28,29)(H,31,32). The summed E-state index contributed by atoms with van der Waals surface area (Å²) >= 11 is 0. The second kappa shape index (κ2) is 19.4. The number of aliphatic carboxylic acids is 2. The molecule has 0 saturated heterocycles. The molecule has 3 N–H and O–H groups in total. The largest absolute Gasteiger partial charge is 0.481 e. The first-order valence-corrected chi connectivity index (χ1v) is 13.0. The van der Waals surface area contributed by atoms with Crippen molar-refractivity contribution in [3.8, 4) is 0 Å². The van der Waals surface area contributed by atoms with Crippen LogP contribution in [-0.2, 0) is 23.9 Å². The van der Waals surface area contributed by atoms with Crippen molar-refractivity contribution in [3.63, 3.8) is 0 Å². The summed E-state index contributed by atoms with van der Waals surface area (Å²) in [5.74, 6) is -5.29. The van der Waals surface area contributed by atoms with Gasteiger partial charge in [0.15, 0.2) is 5.60 Å². The third-order valence-corrected chi connectivity index (χ3v) is 6.17. The Labute approximate surface area is 204 Å². The van der Waals surface area contributed by atoms with E-state index in [0.29, 0.717) is 19.3 Å². The van der Waals surface area contributed by atoms with Gasteiger partial charge in [-0.25, -0.2) is 4.79 Å². The minimum absolute atomic E-state index is 0.0695. The SMILES string of the molecule is CCCCCCCCCCC(C(=O)OCCCCCCCCC(C)=O)C(O)(CC(=O)O)C(=O)O. The first-order chi connectivity index (χ1) is 16.1. The number of hydrogen-bond acceptors (Lipinski definition) is 6. The summed E-state index contributed by atoms with van der Waals surface area (Å²) in [6, 6.07) is 0. The molecule has 0 spiro atoms. The third-order valence-electron chi connectivity index (χ3n) is 6.17. The molecule has 0 rings (SSSR count). The van der Waals surface area contributed by atoms with E-state index in [0.717, 1.165) is 57.8 Å². The lowest BCUT2D eigenvalue weighted by molar-refractivity contribution is -0.182. The molecule has 2 unspecified atom stereocenters. The summed E-state index contributed by atoms with van der Waals surface area (Å²) in [6.45, 7) is 3.83. The predicted molar refractivity (Wildman–Crippen MR) is 130 cm³/mol. The molecule has 2 atom stereocenters. The molecule has 8 heteroatoms. The van der Waals surface area contributed by atoms with Gasteiger partial charge >= 0.3 is 17.9 Å². The zero-order chi connectivity index (χ0) is 25.8. The lowest BCUT2D eigenvalue weighted by Gasteiger charge is -2.29. The lowest BCUT2D eigenvalue weighted by atomic mass is 9.81. The van der Waals surface area contributed by atoms with E-state index in [2.05, 4.69) is 6.92 Å². The van der Waals surface area contributed by atoms with Gasteiger partial charge in [-0.2, -0.15) is 0 Å². The number of esters is 1. The minimum Gasteiger partial charge on any atom is -0.481 e. The van der Waals surface area contributed by atoms with Gasteiger partial charge in [0, 0.05) is 6.42 Å². The number of unbranched alkanes of at least 4 members (excludes halogenated alkanes) is 12. The van der Waals surface area contributed by atoms with Crippen LogP contribution in [0.25, 0.3) is 0 Å². The van der Waals surface area contributed by atoms with E-state index in [-0.39, 0.29) is 18.8 Å². The van der Waals surface area contributed by atoms with Crippen LogP contribution in [0.5, 0.6) is 0 Å². The van der Waals surface area contributed by atoms with Crippen LogP contribution >= 0.6 is 0 Å². The first kappa shape index (κ1) is 32.0. The Morgan fingerprint density at radius 3 is 1.76 bits per heavy atom. The normalized spacial score (nSPS) is 13.7. The van der Waals surface area contributed by atoms with Crippen molar-refractivity contribution in [3.05, 3.63) is 0 Å². The van der Waals surface area contributed by atoms with Crippen LogP contribution in [0.3, 0.4) is 0 Å². The summed E-state index contributed by atoms with van der Waals surface area (Å²) < 4.78 is 5.26. The van der Waals surface area contributed by atoms with Crippen LogP contribution in [0.15, 0.2) is 0 Å². The van der Waals surface area contributed by atoms with E-state index in [1.54, 1.807) is 6.92 Å². The molecule has 0 aromatic heterocycles. The monoisotopic (exact) mass is 486 g/mol. The Kier molecular flexibility index (Phi) is 18.2. The van der Waals surface area contributed by atoms with Gasteiger partial charge in [-0.05, 0) is 26.2 Å². The van der Waals surface area contributed by atoms with E-state index in [4.69, 9.17) is 9.84 Å². The van der Waals surface area contributed by atoms with Gasteiger partial charge in [0.1, 0.15) is 5.78 Å². The van der Waals surface area contributed by atoms with E-state index >= 15 is 0 Å². The van der Waals surface area contributed by atoms with Crippen molar-refractivity contribution in [2.45, 2.75) is 129 Å². The van der Waals surface area contributed by atoms with Crippen LogP contribution < -0.4 is 0 Å². The minimum atomic E-state index is -2.69. The number of ether oxygens (including phenoxy) is 1. The van der Waals surface area contributed by atoms with Gasteiger partial charge in [0.25, 0.3) is 0 Å². The molecule has 0 aromatic carbocycles. The predicted octanol–water partition coefficient (Wildman–Crippen LogP) is 5.29. The van der Waals surface area contributed by atoms with Gasteiger partial charge < -0.3 is 24.9 Å². The number of Topliss-reactive ketones (excluding diaryl/α,β-unsaturated/α-hetero) is 1. The van der Waals surface area contributed by atoms with Crippen molar-refractivity contribution < 1.29 is 39.2 Å². The average molecular weight is 487 g/mol. The molecule has 0 saturated carbocycles. The topological polar surface area (TPSA) is 138 Å². The Hall–Kier alpha value is -1.96. The fourth-order valence-electron chi connectivity index (χ4n) is 4.07. The summed E-state index contributed by atoms with van der Waals surface area (Å²) in [5.41, 5.74) is -2.69. The number of carbonyl (C=O) groups excluding carboxylic acids is 2. The van der Waals surface area contributed by atoms with E-state index in [1.807, 2.05) is 0 Å². The number of carbonyl (C=O) groups is 4. The van der Waals surface area contributed by atoms with E-state index < -0.39 is 35.8 Å². The number of rotatable bonds is 23. The third kappa shape index (κ3) is 15.0. The molecule has 0 heterocycles. The van der Waals surface area contributed by atoms with Crippen molar-refractivity contribution in [1.29, 1.82) is 0 Å². The molecule has 8 nitrogen and oxygen atoms in total. The fraction of sp³-hybridized carbons (Fsp3) is 0.846. The maximum absolute atomic E-state index is 12.7. The highest BCUT2D eigenvalue weighted by molar-refractivity contribution is 5.90. The molecule has 0 radical (unpaired) electrons. The smallest absolute Gasteiger partial charge is 0.337 e. The summed E-state index contributed by atoms with van der Waals surface area (Å²) in [4.78, 5) is 46.5.